The third kappa shape index (κ3) is 2.64. The molecule has 2 N–H and O–H groups in total. The SMILES string of the molecule is C=CCN(C(=O)C1CCC(N)CC1)C1CC1. The quantitative estimate of drug-likeness (QED) is 0.736. The molecule has 0 unspecified atom stereocenters. The van der Waals surface area contributed by atoms with E-state index in [0.29, 0.717) is 24.5 Å². The van der Waals surface area contributed by atoms with Gasteiger partial charge in [-0.15, -0.1) is 6.58 Å². The van der Waals surface area contributed by atoms with Crippen molar-refractivity contribution >= 4 is 5.91 Å². The number of hydrogen-bond donors (Lipinski definition) is 1. The van der Waals surface area contributed by atoms with Crippen LogP contribution in [0.15, 0.2) is 12.7 Å². The molecule has 2 saturated carbocycles. The van der Waals surface area contributed by atoms with E-state index in [9.17, 15) is 4.79 Å². The van der Waals surface area contributed by atoms with E-state index in [2.05, 4.69) is 6.58 Å². The summed E-state index contributed by atoms with van der Waals surface area (Å²) in [5.41, 5.74) is 5.86. The molecule has 16 heavy (non-hydrogen) atoms. The van der Waals surface area contributed by atoms with Crippen LogP contribution in [-0.2, 0) is 4.79 Å². The van der Waals surface area contributed by atoms with E-state index >= 15 is 0 Å². The summed E-state index contributed by atoms with van der Waals surface area (Å²) in [5.74, 6) is 0.564. The normalized spacial score (nSPS) is 29.8. The molecule has 0 bridgehead atoms. The van der Waals surface area contributed by atoms with E-state index in [0.717, 1.165) is 25.7 Å². The van der Waals surface area contributed by atoms with Crippen molar-refractivity contribution in [3.8, 4) is 0 Å². The number of hydrogen-bond acceptors (Lipinski definition) is 2. The smallest absolute Gasteiger partial charge is 0.226 e. The van der Waals surface area contributed by atoms with Crippen molar-refractivity contribution in [1.82, 2.24) is 4.90 Å². The largest absolute Gasteiger partial charge is 0.336 e. The fraction of sp³-hybridized carbons (Fsp3) is 0.769. The molecule has 2 rings (SSSR count). The van der Waals surface area contributed by atoms with Crippen molar-refractivity contribution in [3.05, 3.63) is 12.7 Å². The fourth-order valence-electron chi connectivity index (χ4n) is 2.54. The molecule has 2 aliphatic carbocycles. The molecule has 0 radical (unpaired) electrons. The Balaban J connectivity index is 1.91. The Hall–Kier alpha value is -0.830. The zero-order valence-electron chi connectivity index (χ0n) is 9.90. The average molecular weight is 222 g/mol. The Morgan fingerprint density at radius 2 is 1.88 bits per heavy atom. The highest BCUT2D eigenvalue weighted by Crippen LogP contribution is 2.31. The van der Waals surface area contributed by atoms with E-state index < -0.39 is 0 Å². The number of carbonyl (C=O) groups excluding carboxylic acids is 1. The first-order valence-electron chi connectivity index (χ1n) is 6.39. The van der Waals surface area contributed by atoms with Crippen molar-refractivity contribution < 1.29 is 4.79 Å². The molecule has 0 atom stereocenters. The van der Waals surface area contributed by atoms with E-state index in [1.807, 2.05) is 11.0 Å². The molecule has 0 spiro atoms. The molecule has 0 aromatic carbocycles. The van der Waals surface area contributed by atoms with Crippen LogP contribution in [0.5, 0.6) is 0 Å². The van der Waals surface area contributed by atoms with E-state index in [4.69, 9.17) is 5.73 Å². The number of nitrogens with zero attached hydrogens (tertiary/aromatic N) is 1. The van der Waals surface area contributed by atoms with Gasteiger partial charge in [-0.2, -0.15) is 0 Å². The van der Waals surface area contributed by atoms with Gasteiger partial charge in [0.25, 0.3) is 0 Å². The van der Waals surface area contributed by atoms with Crippen LogP contribution in [0.25, 0.3) is 0 Å². The molecule has 0 saturated heterocycles. The Bertz CT molecular complexity index is 265. The Morgan fingerprint density at radius 1 is 1.25 bits per heavy atom. The predicted octanol–water partition coefficient (Wildman–Crippen LogP) is 1.68. The second-order valence-corrected chi connectivity index (χ2v) is 5.12. The molecule has 90 valence electrons. The number of rotatable bonds is 4. The average Bonchev–Trinajstić information content (AvgIpc) is 3.10. The standard InChI is InChI=1S/C13H22N2O/c1-2-9-15(12-7-8-12)13(16)10-3-5-11(14)6-4-10/h2,10-12H,1,3-9,14H2. The molecule has 0 aromatic rings. The lowest BCUT2D eigenvalue weighted by Gasteiger charge is -2.30. The van der Waals surface area contributed by atoms with Gasteiger partial charge in [-0.05, 0) is 38.5 Å². The Kier molecular flexibility index (Phi) is 3.64. The monoisotopic (exact) mass is 222 g/mol. The molecule has 1 amide bonds. The summed E-state index contributed by atoms with van der Waals surface area (Å²) in [5, 5.41) is 0. The van der Waals surface area contributed by atoms with Crippen molar-refractivity contribution in [3.63, 3.8) is 0 Å². The molecule has 3 heteroatoms. The summed E-state index contributed by atoms with van der Waals surface area (Å²) in [7, 11) is 0. The highest BCUT2D eigenvalue weighted by Gasteiger charge is 2.35. The van der Waals surface area contributed by atoms with Gasteiger partial charge in [0.2, 0.25) is 5.91 Å². The van der Waals surface area contributed by atoms with Crippen LogP contribution in [0.3, 0.4) is 0 Å². The van der Waals surface area contributed by atoms with E-state index in [1.54, 1.807) is 0 Å². The van der Waals surface area contributed by atoms with E-state index in [1.165, 1.54) is 12.8 Å². The summed E-state index contributed by atoms with van der Waals surface area (Å²) in [6.07, 6.45) is 8.13. The summed E-state index contributed by atoms with van der Waals surface area (Å²) in [6, 6.07) is 0.818. The minimum atomic E-state index is 0.223. The molecular formula is C13H22N2O. The molecule has 2 fully saturated rings. The lowest BCUT2D eigenvalue weighted by atomic mass is 9.85. The van der Waals surface area contributed by atoms with Gasteiger partial charge >= 0.3 is 0 Å². The second-order valence-electron chi connectivity index (χ2n) is 5.12. The maximum Gasteiger partial charge on any atom is 0.226 e. The van der Waals surface area contributed by atoms with Crippen LogP contribution in [0.1, 0.15) is 38.5 Å². The van der Waals surface area contributed by atoms with Gasteiger partial charge in [0.15, 0.2) is 0 Å². The Morgan fingerprint density at radius 3 is 2.38 bits per heavy atom. The van der Waals surface area contributed by atoms with Crippen molar-refractivity contribution in [2.45, 2.75) is 50.6 Å². The third-order valence-corrected chi connectivity index (χ3v) is 3.72. The number of nitrogens with two attached hydrogens (primary N) is 1. The van der Waals surface area contributed by atoms with Gasteiger partial charge in [0.1, 0.15) is 0 Å². The summed E-state index contributed by atoms with van der Waals surface area (Å²) in [4.78, 5) is 14.3. The molecule has 0 aliphatic heterocycles. The molecule has 3 nitrogen and oxygen atoms in total. The maximum atomic E-state index is 12.3. The highest BCUT2D eigenvalue weighted by molar-refractivity contribution is 5.79. The maximum absolute atomic E-state index is 12.3. The van der Waals surface area contributed by atoms with Crippen molar-refractivity contribution in [2.75, 3.05) is 6.54 Å². The predicted molar refractivity (Wildman–Crippen MR) is 64.9 cm³/mol. The summed E-state index contributed by atoms with van der Waals surface area (Å²) in [6.45, 7) is 4.45. The third-order valence-electron chi connectivity index (χ3n) is 3.72. The molecule has 0 aromatic heterocycles. The molecule has 0 heterocycles. The van der Waals surface area contributed by atoms with Crippen LogP contribution < -0.4 is 5.73 Å². The zero-order valence-corrected chi connectivity index (χ0v) is 9.90. The Labute approximate surface area is 97.7 Å². The first-order chi connectivity index (χ1) is 7.72. The van der Waals surface area contributed by atoms with Gasteiger partial charge in [-0.1, -0.05) is 6.08 Å². The minimum Gasteiger partial charge on any atom is -0.336 e. The fourth-order valence-corrected chi connectivity index (χ4v) is 2.54. The summed E-state index contributed by atoms with van der Waals surface area (Å²) >= 11 is 0. The van der Waals surface area contributed by atoms with Gasteiger partial charge < -0.3 is 10.6 Å². The first-order valence-corrected chi connectivity index (χ1v) is 6.39. The lowest BCUT2D eigenvalue weighted by Crippen LogP contribution is -2.40. The number of carbonyl (C=O) groups is 1. The van der Waals surface area contributed by atoms with Crippen molar-refractivity contribution in [1.29, 1.82) is 0 Å². The van der Waals surface area contributed by atoms with Crippen LogP contribution in [0.4, 0.5) is 0 Å². The molecule has 2 aliphatic rings. The van der Waals surface area contributed by atoms with Gasteiger partial charge in [0, 0.05) is 24.5 Å². The van der Waals surface area contributed by atoms with Crippen molar-refractivity contribution in [2.24, 2.45) is 11.7 Å². The first kappa shape index (κ1) is 11.6. The van der Waals surface area contributed by atoms with E-state index in [-0.39, 0.29) is 5.92 Å². The number of amides is 1. The van der Waals surface area contributed by atoms with Crippen LogP contribution in [0, 0.1) is 5.92 Å². The van der Waals surface area contributed by atoms with Gasteiger partial charge in [0.05, 0.1) is 0 Å². The van der Waals surface area contributed by atoms with Crippen LogP contribution in [0.2, 0.25) is 0 Å². The topological polar surface area (TPSA) is 46.3 Å². The van der Waals surface area contributed by atoms with Gasteiger partial charge in [-0.3, -0.25) is 4.79 Å². The van der Waals surface area contributed by atoms with Gasteiger partial charge in [-0.25, -0.2) is 0 Å². The highest BCUT2D eigenvalue weighted by atomic mass is 16.2. The second kappa shape index (κ2) is 5.00. The summed E-state index contributed by atoms with van der Waals surface area (Å²) < 4.78 is 0. The molecular weight excluding hydrogens is 200 g/mol. The van der Waals surface area contributed by atoms with Crippen LogP contribution >= 0.6 is 0 Å². The van der Waals surface area contributed by atoms with Crippen LogP contribution in [-0.4, -0.2) is 29.4 Å². The minimum absolute atomic E-state index is 0.223. The lowest BCUT2D eigenvalue weighted by molar-refractivity contribution is -0.136. The zero-order chi connectivity index (χ0) is 11.5.